The van der Waals surface area contributed by atoms with Gasteiger partial charge in [0.05, 0.1) is 17.9 Å². The van der Waals surface area contributed by atoms with E-state index in [9.17, 15) is 14.4 Å². The Morgan fingerprint density at radius 2 is 1.79 bits per heavy atom. The number of hydrogen-bond donors (Lipinski definition) is 2. The summed E-state index contributed by atoms with van der Waals surface area (Å²) in [4.78, 5) is 46.5. The molecule has 3 saturated heterocycles. The smallest absolute Gasteiger partial charge is 0.246 e. The van der Waals surface area contributed by atoms with Crippen LogP contribution < -0.4 is 10.6 Å². The van der Waals surface area contributed by atoms with Crippen LogP contribution in [0.25, 0.3) is 0 Å². The number of carbonyl (C=O) groups excluding carboxylic acids is 3. The molecule has 1 aromatic rings. The normalized spacial score (nSPS) is 35.9. The second-order valence-electron chi connectivity index (χ2n) is 13.7. The average molecular weight is 577 g/mol. The Bertz CT molecular complexity index is 1240. The number of ether oxygens (including phenoxy) is 1. The molecule has 8 atom stereocenters. The summed E-state index contributed by atoms with van der Waals surface area (Å²) in [6.07, 6.45) is 11.0. The first-order valence-electron chi connectivity index (χ1n) is 16.3. The molecular formula is C34H48N4O4. The third-order valence-electron chi connectivity index (χ3n) is 11.1. The standard InChI is InChI=1S/C34H48N4O4/c1-21-12-13-25(20-23(21)3)35-31(39)28-27-14-15-34(42-27)29(28)33(41)38(19-9-18-37-16-6-5-7-17-37)30(34)32(40)36-26-11-8-10-22(2)24(26)4/h12-15,20,22,24,26-30H,5-11,16-19H2,1-4H3,(H,35,39)(H,36,40)/t22-,24+,26-,27+,28-,29+,30+,34+/m1/s1. The number of carbonyl (C=O) groups is 3. The molecule has 1 saturated carbocycles. The number of amides is 3. The number of nitrogens with zero attached hydrogens (tertiary/aromatic N) is 2. The van der Waals surface area contributed by atoms with Crippen molar-refractivity contribution in [1.29, 1.82) is 0 Å². The van der Waals surface area contributed by atoms with Crippen LogP contribution >= 0.6 is 0 Å². The van der Waals surface area contributed by atoms with Crippen LogP contribution in [0.15, 0.2) is 30.4 Å². The fourth-order valence-electron chi connectivity index (χ4n) is 8.25. The van der Waals surface area contributed by atoms with Crippen molar-refractivity contribution < 1.29 is 19.1 Å². The maximum Gasteiger partial charge on any atom is 0.246 e. The molecule has 42 heavy (non-hydrogen) atoms. The number of nitrogens with one attached hydrogen (secondary N) is 2. The van der Waals surface area contributed by atoms with Crippen molar-refractivity contribution in [1.82, 2.24) is 15.1 Å². The van der Waals surface area contributed by atoms with Gasteiger partial charge in [-0.25, -0.2) is 0 Å². The molecule has 0 unspecified atom stereocenters. The molecule has 0 radical (unpaired) electrons. The molecule has 3 amide bonds. The molecule has 5 aliphatic rings. The van der Waals surface area contributed by atoms with Crippen LogP contribution in [-0.4, -0.2) is 77.5 Å². The van der Waals surface area contributed by atoms with Crippen LogP contribution in [0.2, 0.25) is 0 Å². The molecule has 8 nitrogen and oxygen atoms in total. The molecular weight excluding hydrogens is 528 g/mol. The Labute approximate surface area is 250 Å². The fraction of sp³-hybridized carbons (Fsp3) is 0.676. The molecule has 8 heteroatoms. The lowest BCUT2D eigenvalue weighted by molar-refractivity contribution is -0.141. The van der Waals surface area contributed by atoms with Gasteiger partial charge in [-0.1, -0.05) is 51.3 Å². The predicted molar refractivity (Wildman–Crippen MR) is 163 cm³/mol. The highest BCUT2D eigenvalue weighted by Crippen LogP contribution is 2.55. The lowest BCUT2D eigenvalue weighted by Crippen LogP contribution is -2.58. The summed E-state index contributed by atoms with van der Waals surface area (Å²) in [6.45, 7) is 12.1. The lowest BCUT2D eigenvalue weighted by atomic mass is 9.73. The maximum atomic E-state index is 14.3. The Kier molecular flexibility index (Phi) is 8.22. The molecule has 1 aromatic carbocycles. The Hall–Kier alpha value is -2.71. The number of hydrogen-bond acceptors (Lipinski definition) is 5. The highest BCUT2D eigenvalue weighted by molar-refractivity contribution is 6.02. The lowest BCUT2D eigenvalue weighted by Gasteiger charge is -2.38. The minimum absolute atomic E-state index is 0.0773. The zero-order valence-electron chi connectivity index (χ0n) is 25.7. The van der Waals surface area contributed by atoms with Crippen LogP contribution in [0.3, 0.4) is 0 Å². The van der Waals surface area contributed by atoms with E-state index in [0.717, 1.165) is 50.0 Å². The summed E-state index contributed by atoms with van der Waals surface area (Å²) in [5.74, 6) is -0.989. The van der Waals surface area contributed by atoms with E-state index in [1.807, 2.05) is 44.2 Å². The number of rotatable bonds is 8. The van der Waals surface area contributed by atoms with Crippen molar-refractivity contribution in [2.45, 2.75) is 96.4 Å². The topological polar surface area (TPSA) is 91.0 Å². The number of benzene rings is 1. The van der Waals surface area contributed by atoms with Gasteiger partial charge in [0.25, 0.3) is 0 Å². The van der Waals surface area contributed by atoms with E-state index in [1.54, 1.807) is 4.90 Å². The summed E-state index contributed by atoms with van der Waals surface area (Å²) >= 11 is 0. The molecule has 1 aliphatic carbocycles. The maximum absolute atomic E-state index is 14.3. The number of fused-ring (bicyclic) bond motifs is 1. The third kappa shape index (κ3) is 5.19. The first kappa shape index (κ1) is 29.4. The van der Waals surface area contributed by atoms with Gasteiger partial charge in [-0.05, 0) is 94.3 Å². The first-order valence-corrected chi connectivity index (χ1v) is 16.3. The van der Waals surface area contributed by atoms with Crippen LogP contribution in [0.5, 0.6) is 0 Å². The number of aryl methyl sites for hydroxylation is 2. The minimum Gasteiger partial charge on any atom is -0.359 e. The fourth-order valence-corrected chi connectivity index (χ4v) is 8.25. The van der Waals surface area contributed by atoms with Gasteiger partial charge in [-0.2, -0.15) is 0 Å². The number of piperidine rings is 1. The van der Waals surface area contributed by atoms with Gasteiger partial charge in [-0.15, -0.1) is 0 Å². The molecule has 4 fully saturated rings. The predicted octanol–water partition coefficient (Wildman–Crippen LogP) is 4.21. The number of anilines is 1. The minimum atomic E-state index is -1.12. The van der Waals surface area contributed by atoms with E-state index < -0.39 is 29.6 Å². The molecule has 228 valence electrons. The zero-order chi connectivity index (χ0) is 29.6. The van der Waals surface area contributed by atoms with E-state index in [0.29, 0.717) is 24.1 Å². The zero-order valence-corrected chi connectivity index (χ0v) is 25.7. The van der Waals surface area contributed by atoms with E-state index in [2.05, 4.69) is 29.4 Å². The van der Waals surface area contributed by atoms with Crippen molar-refractivity contribution in [3.05, 3.63) is 41.5 Å². The van der Waals surface area contributed by atoms with Gasteiger partial charge < -0.3 is 25.2 Å². The van der Waals surface area contributed by atoms with Gasteiger partial charge in [0.1, 0.15) is 11.6 Å². The van der Waals surface area contributed by atoms with E-state index in [1.165, 1.54) is 25.7 Å². The summed E-state index contributed by atoms with van der Waals surface area (Å²) < 4.78 is 6.56. The quantitative estimate of drug-likeness (QED) is 0.453. The van der Waals surface area contributed by atoms with Crippen molar-refractivity contribution in [2.75, 3.05) is 31.5 Å². The second-order valence-corrected chi connectivity index (χ2v) is 13.7. The summed E-state index contributed by atoms with van der Waals surface area (Å²) in [7, 11) is 0. The highest BCUT2D eigenvalue weighted by Gasteiger charge is 2.72. The highest BCUT2D eigenvalue weighted by atomic mass is 16.5. The third-order valence-corrected chi connectivity index (χ3v) is 11.1. The Morgan fingerprint density at radius 1 is 1.00 bits per heavy atom. The van der Waals surface area contributed by atoms with Gasteiger partial charge in [0, 0.05) is 18.3 Å². The van der Waals surface area contributed by atoms with Crippen molar-refractivity contribution >= 4 is 23.4 Å². The molecule has 2 bridgehead atoms. The molecule has 1 spiro atoms. The van der Waals surface area contributed by atoms with Gasteiger partial charge in [-0.3, -0.25) is 14.4 Å². The largest absolute Gasteiger partial charge is 0.359 e. The summed E-state index contributed by atoms with van der Waals surface area (Å²) in [5.41, 5.74) is 1.83. The van der Waals surface area contributed by atoms with Crippen LogP contribution in [0, 0.1) is 37.5 Å². The number of likely N-dealkylation sites (tertiary alicyclic amines) is 2. The summed E-state index contributed by atoms with van der Waals surface area (Å²) in [6, 6.07) is 5.14. The van der Waals surface area contributed by atoms with E-state index in [4.69, 9.17) is 4.74 Å². The van der Waals surface area contributed by atoms with E-state index >= 15 is 0 Å². The Balaban J connectivity index is 1.25. The van der Waals surface area contributed by atoms with Crippen molar-refractivity contribution in [2.24, 2.45) is 23.7 Å². The van der Waals surface area contributed by atoms with Gasteiger partial charge in [0.15, 0.2) is 0 Å². The molecule has 2 N–H and O–H groups in total. The Morgan fingerprint density at radius 3 is 2.55 bits per heavy atom. The van der Waals surface area contributed by atoms with Gasteiger partial charge in [0.2, 0.25) is 17.7 Å². The molecule has 6 rings (SSSR count). The summed E-state index contributed by atoms with van der Waals surface area (Å²) in [5, 5.41) is 6.42. The molecule has 4 heterocycles. The molecule has 0 aromatic heterocycles. The van der Waals surface area contributed by atoms with Crippen LogP contribution in [0.1, 0.15) is 69.9 Å². The second kappa shape index (κ2) is 11.8. The van der Waals surface area contributed by atoms with Crippen molar-refractivity contribution in [3.8, 4) is 0 Å². The first-order chi connectivity index (χ1) is 20.2. The van der Waals surface area contributed by atoms with Crippen LogP contribution in [-0.2, 0) is 19.1 Å². The van der Waals surface area contributed by atoms with E-state index in [-0.39, 0.29) is 23.8 Å². The molecule has 4 aliphatic heterocycles. The van der Waals surface area contributed by atoms with Crippen molar-refractivity contribution in [3.63, 3.8) is 0 Å². The van der Waals surface area contributed by atoms with Crippen LogP contribution in [0.4, 0.5) is 5.69 Å². The average Bonchev–Trinajstić information content (AvgIpc) is 3.61. The van der Waals surface area contributed by atoms with Gasteiger partial charge >= 0.3 is 0 Å². The SMILES string of the molecule is Cc1ccc(NC(=O)[C@@H]2[C@@H]3C=C[C@]4(O3)[C@@H]2C(=O)N(CCCN2CCCCC2)[C@H]4C(=O)N[C@@H]2CCC[C@@H](C)[C@@H]2C)cc1C. The monoisotopic (exact) mass is 576 g/mol.